The smallest absolute Gasteiger partial charge is 0.270 e. The van der Waals surface area contributed by atoms with Crippen molar-refractivity contribution in [2.75, 3.05) is 29.4 Å². The number of anilines is 2. The van der Waals surface area contributed by atoms with Crippen LogP contribution in [0.4, 0.5) is 15.9 Å². The largest absolute Gasteiger partial charge is 0.356 e. The van der Waals surface area contributed by atoms with E-state index in [-0.39, 0.29) is 5.91 Å². The Balaban J connectivity index is 1.48. The molecule has 3 aromatic rings. The Morgan fingerprint density at radius 2 is 1.87 bits per heavy atom. The third-order valence-electron chi connectivity index (χ3n) is 5.26. The van der Waals surface area contributed by atoms with Gasteiger partial charge in [-0.05, 0) is 70.2 Å². The molecule has 0 aromatic carbocycles. The summed E-state index contributed by atoms with van der Waals surface area (Å²) in [5.41, 5.74) is 1.86. The summed E-state index contributed by atoms with van der Waals surface area (Å²) in [5, 5.41) is 0.506. The molecule has 0 spiro atoms. The maximum Gasteiger partial charge on any atom is 0.270 e. The van der Waals surface area contributed by atoms with Gasteiger partial charge < -0.3 is 9.80 Å². The number of nitrogens with zero attached hydrogens (tertiary/aromatic N) is 5. The van der Waals surface area contributed by atoms with Crippen LogP contribution >= 0.6 is 56.5 Å². The number of halogens is 3. The van der Waals surface area contributed by atoms with Crippen molar-refractivity contribution in [3.63, 3.8) is 0 Å². The summed E-state index contributed by atoms with van der Waals surface area (Å²) in [6.07, 6.45) is 6.28. The van der Waals surface area contributed by atoms with Crippen molar-refractivity contribution in [3.8, 4) is 10.6 Å². The van der Waals surface area contributed by atoms with E-state index in [1.54, 1.807) is 23.4 Å². The molecule has 2 aliphatic heterocycles. The molecule has 10 heteroatoms. The standard InChI is InChI=1S/C20H16FI2N5OS/c21-17-13(8-14(23)18(26-17)27-4-1-2-5-27)19-25-15-3-6-28(20(29)16(15)30-19)12-7-11(22)9-24-10-12/h7-10H,1-6H2. The highest BCUT2D eigenvalue weighted by atomic mass is 127. The second-order valence-electron chi connectivity index (χ2n) is 7.19. The summed E-state index contributed by atoms with van der Waals surface area (Å²) in [4.78, 5) is 30.5. The Hall–Kier alpha value is -1.41. The van der Waals surface area contributed by atoms with Crippen LogP contribution in [0.3, 0.4) is 0 Å². The highest BCUT2D eigenvalue weighted by Gasteiger charge is 2.31. The summed E-state index contributed by atoms with van der Waals surface area (Å²) < 4.78 is 16.8. The van der Waals surface area contributed by atoms with Crippen LogP contribution in [0.2, 0.25) is 0 Å². The predicted molar refractivity (Wildman–Crippen MR) is 132 cm³/mol. The fourth-order valence-electron chi connectivity index (χ4n) is 3.80. The van der Waals surface area contributed by atoms with E-state index in [1.165, 1.54) is 11.3 Å². The number of aromatic nitrogens is 3. The third kappa shape index (κ3) is 3.70. The minimum atomic E-state index is -0.533. The van der Waals surface area contributed by atoms with Gasteiger partial charge in [0.15, 0.2) is 0 Å². The molecule has 2 aliphatic rings. The first-order chi connectivity index (χ1) is 14.5. The van der Waals surface area contributed by atoms with Crippen LogP contribution in [0.5, 0.6) is 0 Å². The van der Waals surface area contributed by atoms with E-state index in [1.807, 2.05) is 6.07 Å². The van der Waals surface area contributed by atoms with Crippen molar-refractivity contribution >= 4 is 73.9 Å². The number of amides is 1. The van der Waals surface area contributed by atoms with E-state index in [9.17, 15) is 9.18 Å². The molecule has 1 fully saturated rings. The monoisotopic (exact) mass is 647 g/mol. The van der Waals surface area contributed by atoms with Crippen LogP contribution in [-0.2, 0) is 6.42 Å². The Labute approximate surface area is 204 Å². The number of fused-ring (bicyclic) bond motifs is 1. The first-order valence-corrected chi connectivity index (χ1v) is 12.5. The van der Waals surface area contributed by atoms with E-state index in [2.05, 4.69) is 65.0 Å². The molecular formula is C20H16FI2N5OS. The second-order valence-corrected chi connectivity index (χ2v) is 10.6. The number of carbonyl (C=O) groups is 1. The number of hydrogen-bond acceptors (Lipinski definition) is 6. The molecule has 0 atom stereocenters. The Morgan fingerprint density at radius 1 is 1.07 bits per heavy atom. The maximum atomic E-state index is 14.9. The maximum absolute atomic E-state index is 14.9. The van der Waals surface area contributed by atoms with Crippen LogP contribution in [-0.4, -0.2) is 40.5 Å². The van der Waals surface area contributed by atoms with Crippen LogP contribution < -0.4 is 9.80 Å². The third-order valence-corrected chi connectivity index (χ3v) is 7.76. The van der Waals surface area contributed by atoms with Gasteiger partial charge in [-0.3, -0.25) is 9.78 Å². The van der Waals surface area contributed by atoms with Gasteiger partial charge >= 0.3 is 0 Å². The SMILES string of the molecule is O=C1c2sc(-c3cc(I)c(N4CCCC4)nc3F)nc2CCN1c1cncc(I)c1. The van der Waals surface area contributed by atoms with Crippen LogP contribution in [0.1, 0.15) is 28.2 Å². The number of rotatable bonds is 3. The van der Waals surface area contributed by atoms with E-state index in [0.29, 0.717) is 34.2 Å². The van der Waals surface area contributed by atoms with Gasteiger partial charge in [-0.2, -0.15) is 4.39 Å². The normalized spacial score (nSPS) is 16.3. The average molecular weight is 647 g/mol. The molecule has 0 aliphatic carbocycles. The van der Waals surface area contributed by atoms with Gasteiger partial charge in [-0.15, -0.1) is 11.3 Å². The van der Waals surface area contributed by atoms with Gasteiger partial charge in [0.1, 0.15) is 15.7 Å². The van der Waals surface area contributed by atoms with E-state index in [4.69, 9.17) is 0 Å². The lowest BCUT2D eigenvalue weighted by Crippen LogP contribution is -2.37. The summed E-state index contributed by atoms with van der Waals surface area (Å²) in [5.74, 6) is 0.0548. The van der Waals surface area contributed by atoms with E-state index >= 15 is 0 Å². The van der Waals surface area contributed by atoms with Crippen molar-refractivity contribution in [1.29, 1.82) is 0 Å². The fraction of sp³-hybridized carbons (Fsp3) is 0.300. The molecule has 1 saturated heterocycles. The van der Waals surface area contributed by atoms with Crippen molar-refractivity contribution in [3.05, 3.63) is 48.2 Å². The molecule has 154 valence electrons. The zero-order chi connectivity index (χ0) is 20.8. The first kappa shape index (κ1) is 20.5. The van der Waals surface area contributed by atoms with Crippen molar-refractivity contribution in [1.82, 2.24) is 15.0 Å². The van der Waals surface area contributed by atoms with Crippen molar-refractivity contribution in [2.24, 2.45) is 0 Å². The Kier molecular flexibility index (Phi) is 5.64. The topological polar surface area (TPSA) is 62.2 Å². The number of carbonyl (C=O) groups excluding carboxylic acids is 1. The van der Waals surface area contributed by atoms with Gasteiger partial charge in [-0.25, -0.2) is 9.97 Å². The number of pyridine rings is 2. The van der Waals surface area contributed by atoms with Crippen LogP contribution in [0, 0.1) is 13.1 Å². The quantitative estimate of drug-likeness (QED) is 0.304. The highest BCUT2D eigenvalue weighted by molar-refractivity contribution is 14.1. The predicted octanol–water partition coefficient (Wildman–Crippen LogP) is 4.75. The summed E-state index contributed by atoms with van der Waals surface area (Å²) >= 11 is 5.63. The molecule has 5 heterocycles. The average Bonchev–Trinajstić information content (AvgIpc) is 3.40. The molecule has 1 amide bonds. The highest BCUT2D eigenvalue weighted by Crippen LogP contribution is 2.36. The number of hydrogen-bond donors (Lipinski definition) is 0. The Morgan fingerprint density at radius 3 is 2.63 bits per heavy atom. The number of thiazole rings is 1. The molecule has 0 unspecified atom stereocenters. The minimum Gasteiger partial charge on any atom is -0.356 e. The summed E-state index contributed by atoms with van der Waals surface area (Å²) in [7, 11) is 0. The van der Waals surface area contributed by atoms with Gasteiger partial charge in [0.25, 0.3) is 5.91 Å². The zero-order valence-electron chi connectivity index (χ0n) is 15.7. The molecule has 0 N–H and O–H groups in total. The lowest BCUT2D eigenvalue weighted by Gasteiger charge is -2.25. The molecule has 0 bridgehead atoms. The van der Waals surface area contributed by atoms with Crippen LogP contribution in [0.15, 0.2) is 24.5 Å². The van der Waals surface area contributed by atoms with Crippen LogP contribution in [0.25, 0.3) is 10.6 Å². The minimum absolute atomic E-state index is 0.111. The second kappa shape index (κ2) is 8.26. The van der Waals surface area contributed by atoms with Gasteiger partial charge in [-0.1, -0.05) is 0 Å². The molecule has 0 saturated carbocycles. The van der Waals surface area contributed by atoms with Gasteiger partial charge in [0.2, 0.25) is 5.95 Å². The molecular weight excluding hydrogens is 631 g/mol. The fourth-order valence-corrected chi connectivity index (χ4v) is 6.12. The first-order valence-electron chi connectivity index (χ1n) is 9.55. The lowest BCUT2D eigenvalue weighted by atomic mass is 10.1. The van der Waals surface area contributed by atoms with Gasteiger partial charge in [0.05, 0.1) is 26.7 Å². The van der Waals surface area contributed by atoms with E-state index in [0.717, 1.165) is 44.5 Å². The zero-order valence-corrected chi connectivity index (χ0v) is 20.9. The summed E-state index contributed by atoms with van der Waals surface area (Å²) in [6, 6.07) is 3.73. The van der Waals surface area contributed by atoms with E-state index < -0.39 is 5.95 Å². The van der Waals surface area contributed by atoms with Crippen molar-refractivity contribution in [2.45, 2.75) is 19.3 Å². The molecule has 5 rings (SSSR count). The lowest BCUT2D eigenvalue weighted by molar-refractivity contribution is 0.0984. The molecule has 6 nitrogen and oxygen atoms in total. The molecule has 0 radical (unpaired) electrons. The summed E-state index contributed by atoms with van der Waals surface area (Å²) in [6.45, 7) is 2.35. The molecule has 3 aromatic heterocycles. The van der Waals surface area contributed by atoms with Gasteiger partial charge in [0, 0.05) is 35.8 Å². The molecule has 30 heavy (non-hydrogen) atoms. The Bertz CT molecular complexity index is 1150. The van der Waals surface area contributed by atoms with Crippen molar-refractivity contribution < 1.29 is 9.18 Å².